The zero-order valence-corrected chi connectivity index (χ0v) is 18.9. The summed E-state index contributed by atoms with van der Waals surface area (Å²) in [5, 5.41) is 19.5. The monoisotopic (exact) mass is 442 g/mol. The van der Waals surface area contributed by atoms with Gasteiger partial charge in [0.15, 0.2) is 0 Å². The molecule has 0 bridgehead atoms. The lowest BCUT2D eigenvalue weighted by atomic mass is 9.81. The standard InChI is InChI=1S/C23H30N4O3S/c1-15-4-3-5-17(10-15)21(29)24-11-20(28)26-18-12-27(13-18)19-6-8-23(30,9-7-19)22-25-16(2)14-31-22/h3-5,10,14,18-19,30H,6-9,11-13H2,1-2H3,(H,24,29)(H,26,28)/t19-,23-. The molecular formula is C23H30N4O3S. The number of benzene rings is 1. The van der Waals surface area contributed by atoms with Gasteiger partial charge >= 0.3 is 0 Å². The van der Waals surface area contributed by atoms with Crippen molar-refractivity contribution in [1.29, 1.82) is 0 Å². The number of carbonyl (C=O) groups is 2. The molecule has 1 aromatic heterocycles. The first-order chi connectivity index (χ1) is 14.8. The fraction of sp³-hybridized carbons (Fsp3) is 0.522. The Morgan fingerprint density at radius 3 is 2.65 bits per heavy atom. The first-order valence-electron chi connectivity index (χ1n) is 10.9. The Morgan fingerprint density at radius 2 is 2.00 bits per heavy atom. The van der Waals surface area contributed by atoms with Gasteiger partial charge in [0, 0.05) is 35.8 Å². The zero-order chi connectivity index (χ0) is 22.0. The number of nitrogens with zero attached hydrogens (tertiary/aromatic N) is 2. The van der Waals surface area contributed by atoms with Gasteiger partial charge in [0.25, 0.3) is 5.91 Å². The molecule has 0 spiro atoms. The molecule has 2 aromatic rings. The van der Waals surface area contributed by atoms with Crippen LogP contribution in [0.5, 0.6) is 0 Å². The van der Waals surface area contributed by atoms with Crippen molar-refractivity contribution in [2.45, 2.75) is 57.2 Å². The summed E-state index contributed by atoms with van der Waals surface area (Å²) in [7, 11) is 0. The van der Waals surface area contributed by atoms with Gasteiger partial charge in [-0.15, -0.1) is 11.3 Å². The van der Waals surface area contributed by atoms with Crippen LogP contribution in [0.3, 0.4) is 0 Å². The first kappa shape index (κ1) is 21.9. The molecule has 1 saturated carbocycles. The lowest BCUT2D eigenvalue weighted by molar-refractivity contribution is -0.122. The van der Waals surface area contributed by atoms with E-state index in [1.54, 1.807) is 23.5 Å². The largest absolute Gasteiger partial charge is 0.383 e. The third-order valence-electron chi connectivity index (χ3n) is 6.28. The van der Waals surface area contributed by atoms with E-state index in [0.29, 0.717) is 11.6 Å². The molecule has 1 saturated heterocycles. The van der Waals surface area contributed by atoms with Gasteiger partial charge in [-0.2, -0.15) is 0 Å². The van der Waals surface area contributed by atoms with Gasteiger partial charge in [0.05, 0.1) is 12.6 Å². The Bertz CT molecular complexity index is 946. The molecular weight excluding hydrogens is 412 g/mol. The molecule has 0 unspecified atom stereocenters. The summed E-state index contributed by atoms with van der Waals surface area (Å²) in [4.78, 5) is 31.2. The maximum Gasteiger partial charge on any atom is 0.251 e. The minimum absolute atomic E-state index is 0.0209. The molecule has 3 N–H and O–H groups in total. The summed E-state index contributed by atoms with van der Waals surface area (Å²) < 4.78 is 0. The lowest BCUT2D eigenvalue weighted by Crippen LogP contribution is -2.63. The van der Waals surface area contributed by atoms with Crippen molar-refractivity contribution in [3.05, 3.63) is 51.5 Å². The maximum absolute atomic E-state index is 12.2. The molecule has 2 heterocycles. The topological polar surface area (TPSA) is 94.6 Å². The Morgan fingerprint density at radius 1 is 1.26 bits per heavy atom. The molecule has 1 aromatic carbocycles. The van der Waals surface area contributed by atoms with Crippen LogP contribution in [-0.2, 0) is 10.4 Å². The van der Waals surface area contributed by atoms with E-state index in [-0.39, 0.29) is 24.4 Å². The highest BCUT2D eigenvalue weighted by Crippen LogP contribution is 2.40. The number of aromatic nitrogens is 1. The number of aliphatic hydroxyl groups is 1. The minimum Gasteiger partial charge on any atom is -0.383 e. The third-order valence-corrected chi connectivity index (χ3v) is 7.43. The van der Waals surface area contributed by atoms with Gasteiger partial charge in [-0.3, -0.25) is 14.5 Å². The van der Waals surface area contributed by atoms with Crippen LogP contribution in [0.2, 0.25) is 0 Å². The number of hydrogen-bond donors (Lipinski definition) is 3. The van der Waals surface area contributed by atoms with Gasteiger partial charge in [0.1, 0.15) is 10.6 Å². The number of amides is 2. The van der Waals surface area contributed by atoms with Crippen molar-refractivity contribution in [2.24, 2.45) is 0 Å². The SMILES string of the molecule is Cc1cccc(C(=O)NCC(=O)NC2CN([C@H]3CC[C@@](O)(c4nc(C)cs4)CC3)C2)c1. The molecule has 7 nitrogen and oxygen atoms in total. The Hall–Kier alpha value is -2.29. The Balaban J connectivity index is 1.16. The average molecular weight is 443 g/mol. The van der Waals surface area contributed by atoms with Gasteiger partial charge in [-0.1, -0.05) is 17.7 Å². The number of carbonyl (C=O) groups excluding carboxylic acids is 2. The van der Waals surface area contributed by atoms with Crippen LogP contribution < -0.4 is 10.6 Å². The summed E-state index contributed by atoms with van der Waals surface area (Å²) in [6, 6.07) is 7.86. The summed E-state index contributed by atoms with van der Waals surface area (Å²) in [5.74, 6) is -0.401. The van der Waals surface area contributed by atoms with Crippen LogP contribution >= 0.6 is 11.3 Å². The summed E-state index contributed by atoms with van der Waals surface area (Å²) >= 11 is 1.55. The molecule has 1 aliphatic heterocycles. The van der Waals surface area contributed by atoms with Crippen LogP contribution in [0.1, 0.15) is 52.3 Å². The summed E-state index contributed by atoms with van der Waals surface area (Å²) in [5.41, 5.74) is 1.75. The van der Waals surface area contributed by atoms with Crippen LogP contribution in [0.15, 0.2) is 29.6 Å². The second-order valence-corrected chi connectivity index (χ2v) is 9.69. The highest BCUT2D eigenvalue weighted by molar-refractivity contribution is 7.09. The molecule has 1 aliphatic carbocycles. The first-order valence-corrected chi connectivity index (χ1v) is 11.7. The van der Waals surface area contributed by atoms with Crippen molar-refractivity contribution < 1.29 is 14.7 Å². The zero-order valence-electron chi connectivity index (χ0n) is 18.1. The fourth-order valence-electron chi connectivity index (χ4n) is 4.46. The van der Waals surface area contributed by atoms with E-state index in [1.165, 1.54) is 0 Å². The predicted molar refractivity (Wildman–Crippen MR) is 120 cm³/mol. The quantitative estimate of drug-likeness (QED) is 0.637. The number of aryl methyl sites for hydroxylation is 2. The number of nitrogens with one attached hydrogen (secondary N) is 2. The molecule has 31 heavy (non-hydrogen) atoms. The average Bonchev–Trinajstić information content (AvgIpc) is 3.17. The molecule has 8 heteroatoms. The number of likely N-dealkylation sites (tertiary alicyclic amines) is 1. The van der Waals surface area contributed by atoms with E-state index in [1.807, 2.05) is 31.4 Å². The van der Waals surface area contributed by atoms with E-state index >= 15 is 0 Å². The van der Waals surface area contributed by atoms with Crippen LogP contribution in [0.25, 0.3) is 0 Å². The van der Waals surface area contributed by atoms with Gasteiger partial charge in [-0.05, 0) is 51.7 Å². The maximum atomic E-state index is 12.2. The summed E-state index contributed by atoms with van der Waals surface area (Å²) in [6.45, 7) is 5.50. The highest BCUT2D eigenvalue weighted by Gasteiger charge is 2.41. The van der Waals surface area contributed by atoms with Crippen LogP contribution in [0.4, 0.5) is 0 Å². The molecule has 166 valence electrons. The second kappa shape index (κ2) is 9.06. The fourth-order valence-corrected chi connectivity index (χ4v) is 5.41. The van der Waals surface area contributed by atoms with E-state index in [0.717, 1.165) is 55.0 Å². The number of thiazole rings is 1. The van der Waals surface area contributed by atoms with Crippen molar-refractivity contribution in [3.8, 4) is 0 Å². The second-order valence-electron chi connectivity index (χ2n) is 8.83. The van der Waals surface area contributed by atoms with E-state index in [4.69, 9.17) is 0 Å². The Labute approximate surface area is 186 Å². The number of rotatable bonds is 6. The van der Waals surface area contributed by atoms with Gasteiger partial charge in [-0.25, -0.2) is 4.98 Å². The van der Waals surface area contributed by atoms with Crippen LogP contribution in [-0.4, -0.2) is 58.5 Å². The molecule has 2 aliphatic rings. The molecule has 0 radical (unpaired) electrons. The lowest BCUT2D eigenvalue weighted by Gasteiger charge is -2.47. The van der Waals surface area contributed by atoms with Crippen LogP contribution in [0, 0.1) is 13.8 Å². The molecule has 2 amide bonds. The molecule has 2 fully saturated rings. The van der Waals surface area contributed by atoms with Gasteiger partial charge in [0.2, 0.25) is 5.91 Å². The van der Waals surface area contributed by atoms with E-state index in [9.17, 15) is 14.7 Å². The van der Waals surface area contributed by atoms with Crippen molar-refractivity contribution in [1.82, 2.24) is 20.5 Å². The highest BCUT2D eigenvalue weighted by atomic mass is 32.1. The minimum atomic E-state index is -0.788. The van der Waals surface area contributed by atoms with Crippen molar-refractivity contribution in [3.63, 3.8) is 0 Å². The van der Waals surface area contributed by atoms with E-state index in [2.05, 4.69) is 20.5 Å². The van der Waals surface area contributed by atoms with Crippen molar-refractivity contribution >= 4 is 23.2 Å². The smallest absolute Gasteiger partial charge is 0.251 e. The van der Waals surface area contributed by atoms with Crippen molar-refractivity contribution in [2.75, 3.05) is 19.6 Å². The summed E-state index contributed by atoms with van der Waals surface area (Å²) in [6.07, 6.45) is 3.32. The molecule has 0 atom stereocenters. The van der Waals surface area contributed by atoms with Gasteiger partial charge < -0.3 is 15.7 Å². The Kier molecular flexibility index (Phi) is 6.41. The normalized spacial score (nSPS) is 24.4. The number of hydrogen-bond acceptors (Lipinski definition) is 6. The molecule has 4 rings (SSSR count). The predicted octanol–water partition coefficient (Wildman–Crippen LogP) is 2.12. The third kappa shape index (κ3) is 5.14. The van der Waals surface area contributed by atoms with E-state index < -0.39 is 5.60 Å².